The highest BCUT2D eigenvalue weighted by atomic mass is 16.1. The summed E-state index contributed by atoms with van der Waals surface area (Å²) in [4.78, 5) is 27.8. The van der Waals surface area contributed by atoms with E-state index in [1.165, 1.54) is 6.42 Å². The lowest BCUT2D eigenvalue weighted by atomic mass is 10.1. The zero-order valence-electron chi connectivity index (χ0n) is 13.5. The molecule has 1 fully saturated rings. The summed E-state index contributed by atoms with van der Waals surface area (Å²) in [5.41, 5.74) is 2.03. The summed E-state index contributed by atoms with van der Waals surface area (Å²) in [6, 6.07) is 7.23. The fourth-order valence-corrected chi connectivity index (χ4v) is 2.70. The van der Waals surface area contributed by atoms with Crippen molar-refractivity contribution < 1.29 is 4.79 Å². The number of aryl methyl sites for hydroxylation is 2. The number of carbonyl (C=O) groups is 1. The van der Waals surface area contributed by atoms with Gasteiger partial charge in [0, 0.05) is 24.5 Å². The summed E-state index contributed by atoms with van der Waals surface area (Å²) < 4.78 is 0. The maximum atomic E-state index is 12.5. The van der Waals surface area contributed by atoms with Crippen LogP contribution in [0.25, 0.3) is 0 Å². The van der Waals surface area contributed by atoms with Crippen LogP contribution in [-0.2, 0) is 0 Å². The van der Waals surface area contributed by atoms with Gasteiger partial charge in [0.15, 0.2) is 0 Å². The highest BCUT2D eigenvalue weighted by Crippen LogP contribution is 2.17. The summed E-state index contributed by atoms with van der Waals surface area (Å²) in [5.74, 6) is 0.921. The minimum absolute atomic E-state index is 0.258. The van der Waals surface area contributed by atoms with Gasteiger partial charge in [-0.2, -0.15) is 0 Å². The molecule has 0 aromatic carbocycles. The van der Waals surface area contributed by atoms with Crippen molar-refractivity contribution in [1.29, 1.82) is 0 Å². The number of amides is 1. The van der Waals surface area contributed by atoms with E-state index in [-0.39, 0.29) is 5.91 Å². The fourth-order valence-electron chi connectivity index (χ4n) is 2.70. The van der Waals surface area contributed by atoms with Gasteiger partial charge in [-0.25, -0.2) is 15.0 Å². The summed E-state index contributed by atoms with van der Waals surface area (Å²) in [7, 11) is 0. The van der Waals surface area contributed by atoms with Crippen LogP contribution < -0.4 is 10.2 Å². The number of pyridine rings is 1. The quantitative estimate of drug-likeness (QED) is 0.943. The number of hydrogen-bond acceptors (Lipinski definition) is 5. The van der Waals surface area contributed by atoms with Crippen LogP contribution in [0, 0.1) is 13.8 Å². The Balaban J connectivity index is 1.81. The monoisotopic (exact) mass is 311 g/mol. The molecular weight excluding hydrogens is 290 g/mol. The Bertz CT molecular complexity index is 710. The van der Waals surface area contributed by atoms with Gasteiger partial charge in [-0.1, -0.05) is 6.07 Å². The first-order chi connectivity index (χ1) is 11.1. The van der Waals surface area contributed by atoms with Gasteiger partial charge >= 0.3 is 0 Å². The SMILES string of the molecule is Cc1cccc(NC(=O)c2cc(C)nc(N3CCCCC3)n2)n1. The van der Waals surface area contributed by atoms with Gasteiger partial charge in [-0.3, -0.25) is 4.79 Å². The molecule has 1 aliphatic rings. The van der Waals surface area contributed by atoms with Crippen LogP contribution >= 0.6 is 0 Å². The third kappa shape index (κ3) is 3.83. The number of aromatic nitrogens is 3. The summed E-state index contributed by atoms with van der Waals surface area (Å²) in [6.45, 7) is 5.67. The van der Waals surface area contributed by atoms with Gasteiger partial charge < -0.3 is 10.2 Å². The van der Waals surface area contributed by atoms with Crippen molar-refractivity contribution in [3.8, 4) is 0 Å². The molecular formula is C17H21N5O. The van der Waals surface area contributed by atoms with Crippen molar-refractivity contribution in [3.05, 3.63) is 41.3 Å². The predicted molar refractivity (Wildman–Crippen MR) is 89.8 cm³/mol. The first kappa shape index (κ1) is 15.4. The largest absolute Gasteiger partial charge is 0.341 e. The number of carbonyl (C=O) groups excluding carboxylic acids is 1. The molecule has 0 spiro atoms. The lowest BCUT2D eigenvalue weighted by molar-refractivity contribution is 0.102. The molecule has 6 heteroatoms. The van der Waals surface area contributed by atoms with Gasteiger partial charge in [-0.05, 0) is 51.3 Å². The van der Waals surface area contributed by atoms with Crippen molar-refractivity contribution in [3.63, 3.8) is 0 Å². The zero-order valence-corrected chi connectivity index (χ0v) is 13.5. The van der Waals surface area contributed by atoms with Crippen LogP contribution in [0.1, 0.15) is 41.1 Å². The molecule has 0 saturated carbocycles. The number of rotatable bonds is 3. The van der Waals surface area contributed by atoms with Crippen LogP contribution in [-0.4, -0.2) is 33.9 Å². The molecule has 2 aromatic heterocycles. The Labute approximate surface area is 136 Å². The van der Waals surface area contributed by atoms with E-state index in [1.807, 2.05) is 26.0 Å². The molecule has 0 bridgehead atoms. The molecule has 0 radical (unpaired) electrons. The molecule has 2 aromatic rings. The lowest BCUT2D eigenvalue weighted by Gasteiger charge is -2.27. The average Bonchev–Trinajstić information content (AvgIpc) is 2.55. The normalized spacial score (nSPS) is 14.6. The van der Waals surface area contributed by atoms with Crippen molar-refractivity contribution in [2.75, 3.05) is 23.3 Å². The first-order valence-corrected chi connectivity index (χ1v) is 7.97. The number of piperidine rings is 1. The predicted octanol–water partition coefficient (Wildman–Crippen LogP) is 2.73. The summed E-state index contributed by atoms with van der Waals surface area (Å²) >= 11 is 0. The fraction of sp³-hybridized carbons (Fsp3) is 0.412. The topological polar surface area (TPSA) is 71.0 Å². The van der Waals surface area contributed by atoms with Crippen molar-refractivity contribution in [2.45, 2.75) is 33.1 Å². The van der Waals surface area contributed by atoms with Crippen molar-refractivity contribution in [2.24, 2.45) is 0 Å². The zero-order chi connectivity index (χ0) is 16.2. The molecule has 0 unspecified atom stereocenters. The number of nitrogens with one attached hydrogen (secondary N) is 1. The number of hydrogen-bond donors (Lipinski definition) is 1. The van der Waals surface area contributed by atoms with E-state index in [0.717, 1.165) is 37.3 Å². The second-order valence-electron chi connectivity index (χ2n) is 5.86. The lowest BCUT2D eigenvalue weighted by Crippen LogP contribution is -2.31. The molecule has 3 heterocycles. The molecule has 1 N–H and O–H groups in total. The van der Waals surface area contributed by atoms with Gasteiger partial charge in [0.1, 0.15) is 11.5 Å². The molecule has 120 valence electrons. The van der Waals surface area contributed by atoms with E-state index in [9.17, 15) is 4.79 Å². The Hall–Kier alpha value is -2.50. The van der Waals surface area contributed by atoms with Crippen LogP contribution in [0.15, 0.2) is 24.3 Å². The smallest absolute Gasteiger partial charge is 0.275 e. The number of nitrogens with zero attached hydrogens (tertiary/aromatic N) is 4. The van der Waals surface area contributed by atoms with E-state index in [4.69, 9.17) is 0 Å². The van der Waals surface area contributed by atoms with Crippen LogP contribution in [0.5, 0.6) is 0 Å². The third-order valence-corrected chi connectivity index (χ3v) is 3.84. The van der Waals surface area contributed by atoms with Crippen LogP contribution in [0.3, 0.4) is 0 Å². The van der Waals surface area contributed by atoms with E-state index < -0.39 is 0 Å². The molecule has 1 aliphatic heterocycles. The van der Waals surface area contributed by atoms with E-state index in [2.05, 4.69) is 25.2 Å². The van der Waals surface area contributed by atoms with Crippen molar-refractivity contribution in [1.82, 2.24) is 15.0 Å². The molecule has 6 nitrogen and oxygen atoms in total. The Kier molecular flexibility index (Phi) is 4.50. The highest BCUT2D eigenvalue weighted by molar-refractivity contribution is 6.02. The molecule has 1 saturated heterocycles. The second-order valence-corrected chi connectivity index (χ2v) is 5.86. The highest BCUT2D eigenvalue weighted by Gasteiger charge is 2.17. The molecule has 23 heavy (non-hydrogen) atoms. The summed E-state index contributed by atoms with van der Waals surface area (Å²) in [6.07, 6.45) is 3.53. The summed E-state index contributed by atoms with van der Waals surface area (Å²) in [5, 5.41) is 2.80. The molecule has 3 rings (SSSR count). The maximum absolute atomic E-state index is 12.5. The third-order valence-electron chi connectivity index (χ3n) is 3.84. The Morgan fingerprint density at radius 3 is 2.57 bits per heavy atom. The molecule has 0 atom stereocenters. The Morgan fingerprint density at radius 2 is 1.83 bits per heavy atom. The first-order valence-electron chi connectivity index (χ1n) is 7.97. The second kappa shape index (κ2) is 6.73. The standard InChI is InChI=1S/C17H21N5O/c1-12-7-6-8-15(18-12)21-16(23)14-11-13(2)19-17(20-14)22-9-4-3-5-10-22/h6-8,11H,3-5,9-10H2,1-2H3,(H,18,21,23). The average molecular weight is 311 g/mol. The van der Waals surface area contributed by atoms with E-state index >= 15 is 0 Å². The minimum atomic E-state index is -0.258. The van der Waals surface area contributed by atoms with Gasteiger partial charge in [-0.15, -0.1) is 0 Å². The molecule has 0 aliphatic carbocycles. The van der Waals surface area contributed by atoms with Gasteiger partial charge in [0.25, 0.3) is 5.91 Å². The van der Waals surface area contributed by atoms with Crippen molar-refractivity contribution >= 4 is 17.7 Å². The van der Waals surface area contributed by atoms with E-state index in [1.54, 1.807) is 12.1 Å². The van der Waals surface area contributed by atoms with Gasteiger partial charge in [0.05, 0.1) is 0 Å². The molecule has 1 amide bonds. The van der Waals surface area contributed by atoms with E-state index in [0.29, 0.717) is 17.5 Å². The van der Waals surface area contributed by atoms with Crippen LogP contribution in [0.4, 0.5) is 11.8 Å². The van der Waals surface area contributed by atoms with Gasteiger partial charge in [0.2, 0.25) is 5.95 Å². The Morgan fingerprint density at radius 1 is 1.04 bits per heavy atom. The maximum Gasteiger partial charge on any atom is 0.275 e. The number of anilines is 2. The minimum Gasteiger partial charge on any atom is -0.341 e. The van der Waals surface area contributed by atoms with Crippen LogP contribution in [0.2, 0.25) is 0 Å².